The summed E-state index contributed by atoms with van der Waals surface area (Å²) in [5.41, 5.74) is 4.76. The number of aryl methyl sites for hydroxylation is 2. The van der Waals surface area contributed by atoms with Gasteiger partial charge in [-0.3, -0.25) is 0 Å². The minimum Gasteiger partial charge on any atom is -1.00 e. The van der Waals surface area contributed by atoms with Crippen LogP contribution < -0.4 is 24.8 Å². The molecule has 142 valence electrons. The van der Waals surface area contributed by atoms with E-state index in [0.717, 1.165) is 0 Å². The summed E-state index contributed by atoms with van der Waals surface area (Å²) in [6, 6.07) is 19.3. The van der Waals surface area contributed by atoms with Gasteiger partial charge in [-0.25, -0.2) is 6.07 Å². The van der Waals surface area contributed by atoms with E-state index in [1.165, 1.54) is 27.5 Å². The van der Waals surface area contributed by atoms with Gasteiger partial charge in [-0.15, -0.1) is 40.6 Å². The first-order valence-corrected chi connectivity index (χ1v) is 14.7. The molecule has 0 radical (unpaired) electrons. The second kappa shape index (κ2) is 13.1. The fourth-order valence-electron chi connectivity index (χ4n) is 2.39. The molecule has 0 atom stereocenters. The molecule has 0 amide bonds. The van der Waals surface area contributed by atoms with Gasteiger partial charge in [0.2, 0.25) is 0 Å². The van der Waals surface area contributed by atoms with Crippen molar-refractivity contribution >= 4 is 16.2 Å². The van der Waals surface area contributed by atoms with Crippen molar-refractivity contribution in [1.82, 2.24) is 0 Å². The van der Waals surface area contributed by atoms with Gasteiger partial charge in [-0.2, -0.15) is 29.3 Å². The second-order valence-corrected chi connectivity index (χ2v) is 16.8. The van der Waals surface area contributed by atoms with Gasteiger partial charge >= 0.3 is 41.9 Å². The monoisotopic (exact) mass is 482 g/mol. The Morgan fingerprint density at radius 3 is 1.88 bits per heavy atom. The van der Waals surface area contributed by atoms with Crippen molar-refractivity contribution in [2.75, 3.05) is 0 Å². The third-order valence-corrected chi connectivity index (χ3v) is 3.86. The van der Waals surface area contributed by atoms with Crippen molar-refractivity contribution < 1.29 is 48.1 Å². The molecule has 0 nitrogen and oxygen atoms in total. The summed E-state index contributed by atoms with van der Waals surface area (Å²) in [5, 5.41) is 2.76. The Bertz CT molecular complexity index is 761. The zero-order chi connectivity index (χ0) is 18.3. The smallest absolute Gasteiger partial charge is 0.0576 e. The minimum atomic E-state index is 0. The van der Waals surface area contributed by atoms with Crippen molar-refractivity contribution in [3.63, 3.8) is 0 Å². The van der Waals surface area contributed by atoms with E-state index in [9.17, 15) is 0 Å². The summed E-state index contributed by atoms with van der Waals surface area (Å²) in [7, 11) is 0. The van der Waals surface area contributed by atoms with E-state index in [-0.39, 0.29) is 30.2 Å². The number of benzene rings is 1. The maximum Gasteiger partial charge on any atom is -0.0576 e. The van der Waals surface area contributed by atoms with E-state index in [1.807, 2.05) is 0 Å². The van der Waals surface area contributed by atoms with Crippen LogP contribution in [0.15, 0.2) is 54.6 Å². The summed E-state index contributed by atoms with van der Waals surface area (Å²) >= 11 is 1.74. The van der Waals surface area contributed by atoms with Crippen LogP contribution in [0.1, 0.15) is 37.5 Å². The Morgan fingerprint density at radius 1 is 0.962 bits per heavy atom. The molecule has 0 aliphatic rings. The molecule has 0 bridgehead atoms. The molecule has 0 heterocycles. The van der Waals surface area contributed by atoms with Crippen LogP contribution in [-0.2, 0) is 28.8 Å². The van der Waals surface area contributed by atoms with Crippen LogP contribution >= 0.6 is 0 Å². The molecule has 0 aliphatic heterocycles. The van der Waals surface area contributed by atoms with Crippen molar-refractivity contribution in [3.8, 4) is 0 Å². The average molecular weight is 485 g/mol. The van der Waals surface area contributed by atoms with E-state index >= 15 is 0 Å². The van der Waals surface area contributed by atoms with Crippen LogP contribution in [0, 0.1) is 13.8 Å². The quantitative estimate of drug-likeness (QED) is 0.325. The van der Waals surface area contributed by atoms with Crippen molar-refractivity contribution in [3.05, 3.63) is 71.3 Å². The largest absolute Gasteiger partial charge is 1.00 e. The van der Waals surface area contributed by atoms with Crippen molar-refractivity contribution in [1.29, 1.82) is 0 Å². The van der Waals surface area contributed by atoms with Crippen molar-refractivity contribution in [2.24, 2.45) is 0 Å². The predicted molar refractivity (Wildman–Crippen MR) is 107 cm³/mol. The molecule has 0 saturated heterocycles. The van der Waals surface area contributed by atoms with Gasteiger partial charge < -0.3 is 24.8 Å². The number of hydrogen-bond acceptors (Lipinski definition) is 0. The van der Waals surface area contributed by atoms with Gasteiger partial charge in [0.15, 0.2) is 0 Å². The molecule has 0 spiro atoms. The molecule has 0 unspecified atom stereocenters. The first-order chi connectivity index (χ1) is 11.1. The summed E-state index contributed by atoms with van der Waals surface area (Å²) in [6.07, 6.45) is 0. The molecule has 3 rings (SSSR count). The number of hydrogen-bond donors (Lipinski definition) is 0. The van der Waals surface area contributed by atoms with E-state index in [0.29, 0.717) is 5.41 Å². The first kappa shape index (κ1) is 28.1. The first-order valence-electron chi connectivity index (χ1n) is 8.48. The van der Waals surface area contributed by atoms with Crippen LogP contribution in [0.5, 0.6) is 0 Å². The molecule has 0 aromatic heterocycles. The van der Waals surface area contributed by atoms with E-state index in [1.54, 1.807) is 23.3 Å². The van der Waals surface area contributed by atoms with E-state index in [4.69, 9.17) is 0 Å². The van der Waals surface area contributed by atoms with E-state index in [2.05, 4.69) is 102 Å². The Balaban J connectivity index is 0. The van der Waals surface area contributed by atoms with Crippen LogP contribution in [-0.4, -0.2) is 5.43 Å². The number of halogens is 2. The third-order valence-electron chi connectivity index (χ3n) is 3.86. The molecule has 3 aromatic rings. The maximum atomic E-state index is 2.31. The molecule has 0 N–H and O–H groups in total. The molecule has 4 heteroatoms. The maximum absolute atomic E-state index is 2.31. The predicted octanol–water partition coefficient (Wildman–Crippen LogP) is 0.671. The van der Waals surface area contributed by atoms with Crippen LogP contribution in [0.2, 0.25) is 13.1 Å². The molecule has 3 aromatic carbocycles. The molecule has 0 saturated carbocycles. The SMILES string of the molecule is CC(C)(C)c1cc[cH-]c1.C[Si](C)=[Zr+2].Cc1[cH-]c2ccccc2c1C.[Cl-].[Cl-]. The Labute approximate surface area is 187 Å². The topological polar surface area (TPSA) is 0 Å². The summed E-state index contributed by atoms with van der Waals surface area (Å²) in [5.74, 6) is 0. The fourth-order valence-corrected chi connectivity index (χ4v) is 2.39. The van der Waals surface area contributed by atoms with Crippen molar-refractivity contribution in [2.45, 2.75) is 53.1 Å². The van der Waals surface area contributed by atoms with E-state index < -0.39 is 0 Å². The van der Waals surface area contributed by atoms with Gasteiger partial charge in [0.1, 0.15) is 0 Å². The third kappa shape index (κ3) is 9.70. The molecule has 0 fully saturated rings. The molecular formula is C22H30Cl2SiZr-2. The average Bonchev–Trinajstić information content (AvgIpc) is 3.09. The molecular weight excluding hydrogens is 454 g/mol. The summed E-state index contributed by atoms with van der Waals surface area (Å²) in [4.78, 5) is 0. The van der Waals surface area contributed by atoms with Gasteiger partial charge in [0.25, 0.3) is 0 Å². The standard InChI is InChI=1S/C11H11.C9H13.C2H6Si.2ClH.Zr/c1-8-7-10-5-3-4-6-11(10)9(8)2;1-9(2,3)8-6-4-5-7-8;1-3-2;;;/h3-7H,1-2H3;4-7H,1-3H3;1-2H3;2*1H;/q2*-1;;;;+2/p-2. The van der Waals surface area contributed by atoms with Gasteiger partial charge in [-0.1, -0.05) is 46.1 Å². The van der Waals surface area contributed by atoms with Crippen LogP contribution in [0.4, 0.5) is 0 Å². The zero-order valence-corrected chi connectivity index (χ0v) is 21.9. The Morgan fingerprint density at radius 2 is 1.50 bits per heavy atom. The van der Waals surface area contributed by atoms with Gasteiger partial charge in [-0.05, 0) is 0 Å². The van der Waals surface area contributed by atoms with Crippen LogP contribution in [0.3, 0.4) is 0 Å². The number of rotatable bonds is 0. The van der Waals surface area contributed by atoms with Gasteiger partial charge in [0, 0.05) is 0 Å². The summed E-state index contributed by atoms with van der Waals surface area (Å²) < 4.78 is 0. The molecule has 0 aliphatic carbocycles. The second-order valence-electron chi connectivity index (χ2n) is 7.46. The Hall–Kier alpha value is -0.140. The zero-order valence-electron chi connectivity index (χ0n) is 17.0. The van der Waals surface area contributed by atoms with Crippen LogP contribution in [0.25, 0.3) is 10.8 Å². The normalized spacial score (nSPS) is 9.73. The number of fused-ring (bicyclic) bond motifs is 1. The molecule has 26 heavy (non-hydrogen) atoms. The Kier molecular flexibility index (Phi) is 14.2. The summed E-state index contributed by atoms with van der Waals surface area (Å²) in [6.45, 7) is 15.6. The minimum absolute atomic E-state index is 0. The fraction of sp³-hybridized carbons (Fsp3) is 0.364. The van der Waals surface area contributed by atoms with Gasteiger partial charge in [0.05, 0.1) is 0 Å².